The standard InChI is InChI=1S/C14H18N2O3S2/c1-7(17)15-16-12(19)11-8-5-14(2,3)6-9(18)10(8)13(20-4)21-11/h5-6H2,1-4H3,(H,15,17)(H,16,19). The smallest absolute Gasteiger partial charge is 0.280 e. The van der Waals surface area contributed by atoms with Crippen LogP contribution in [0.5, 0.6) is 0 Å². The maximum absolute atomic E-state index is 12.4. The molecule has 0 fully saturated rings. The molecule has 0 radical (unpaired) electrons. The van der Waals surface area contributed by atoms with Crippen LogP contribution < -0.4 is 10.9 Å². The van der Waals surface area contributed by atoms with Crippen molar-refractivity contribution >= 4 is 40.7 Å². The third kappa shape index (κ3) is 3.29. The van der Waals surface area contributed by atoms with Gasteiger partial charge in [-0.05, 0) is 23.7 Å². The number of hydrogen-bond acceptors (Lipinski definition) is 5. The van der Waals surface area contributed by atoms with Crippen molar-refractivity contribution in [3.8, 4) is 0 Å². The number of rotatable bonds is 2. The van der Waals surface area contributed by atoms with Gasteiger partial charge in [0.05, 0.1) is 9.09 Å². The van der Waals surface area contributed by atoms with E-state index in [2.05, 4.69) is 10.9 Å². The monoisotopic (exact) mass is 326 g/mol. The third-order valence-corrected chi connectivity index (χ3v) is 5.64. The topological polar surface area (TPSA) is 75.3 Å². The number of thioether (sulfide) groups is 1. The first-order valence-electron chi connectivity index (χ1n) is 6.55. The lowest BCUT2D eigenvalue weighted by Crippen LogP contribution is -2.40. The van der Waals surface area contributed by atoms with Gasteiger partial charge in [-0.2, -0.15) is 0 Å². The van der Waals surface area contributed by atoms with Crippen LogP contribution in [0, 0.1) is 5.41 Å². The Labute approximate surface area is 131 Å². The molecule has 2 amide bonds. The molecule has 0 aromatic carbocycles. The lowest BCUT2D eigenvalue weighted by Gasteiger charge is -2.29. The van der Waals surface area contributed by atoms with Crippen LogP contribution in [0.2, 0.25) is 0 Å². The number of ketones is 1. The average molecular weight is 326 g/mol. The van der Waals surface area contributed by atoms with E-state index in [4.69, 9.17) is 0 Å². The van der Waals surface area contributed by atoms with Crippen LogP contribution in [0.3, 0.4) is 0 Å². The molecule has 0 aliphatic heterocycles. The van der Waals surface area contributed by atoms with Gasteiger partial charge in [0.2, 0.25) is 5.91 Å². The molecule has 1 aliphatic carbocycles. The number of hydrogen-bond donors (Lipinski definition) is 2. The van der Waals surface area contributed by atoms with Gasteiger partial charge in [-0.3, -0.25) is 25.2 Å². The minimum atomic E-state index is -0.364. The van der Waals surface area contributed by atoms with E-state index in [9.17, 15) is 14.4 Å². The number of Topliss-reactive ketones (excluding diaryl/α,β-unsaturated/α-hetero) is 1. The molecule has 1 aromatic heterocycles. The SMILES string of the molecule is CSc1sc(C(=O)NNC(C)=O)c2c1C(=O)CC(C)(C)C2. The summed E-state index contributed by atoms with van der Waals surface area (Å²) in [5, 5.41) is 0. The maximum atomic E-state index is 12.4. The first-order valence-corrected chi connectivity index (χ1v) is 8.59. The van der Waals surface area contributed by atoms with Crippen molar-refractivity contribution in [3.63, 3.8) is 0 Å². The van der Waals surface area contributed by atoms with Crippen molar-refractivity contribution < 1.29 is 14.4 Å². The molecule has 1 aliphatic rings. The van der Waals surface area contributed by atoms with Crippen LogP contribution in [-0.2, 0) is 11.2 Å². The highest BCUT2D eigenvalue weighted by atomic mass is 32.2. The van der Waals surface area contributed by atoms with Gasteiger partial charge in [0.15, 0.2) is 5.78 Å². The number of nitrogens with one attached hydrogen (secondary N) is 2. The lowest BCUT2D eigenvalue weighted by atomic mass is 9.74. The zero-order valence-corrected chi connectivity index (χ0v) is 14.1. The summed E-state index contributed by atoms with van der Waals surface area (Å²) in [6.07, 6.45) is 3.08. The normalized spacial score (nSPS) is 16.3. The fraction of sp³-hybridized carbons (Fsp3) is 0.500. The van der Waals surface area contributed by atoms with E-state index < -0.39 is 0 Å². The van der Waals surface area contributed by atoms with Crippen molar-refractivity contribution in [2.24, 2.45) is 5.41 Å². The van der Waals surface area contributed by atoms with Crippen LogP contribution in [0.1, 0.15) is 52.8 Å². The molecule has 114 valence electrons. The summed E-state index contributed by atoms with van der Waals surface area (Å²) in [6.45, 7) is 5.38. The zero-order valence-electron chi connectivity index (χ0n) is 12.5. The van der Waals surface area contributed by atoms with Crippen LogP contribution in [0.4, 0.5) is 0 Å². The first-order chi connectivity index (χ1) is 9.75. The largest absolute Gasteiger partial charge is 0.294 e. The molecule has 0 saturated carbocycles. The van der Waals surface area contributed by atoms with Crippen molar-refractivity contribution in [3.05, 3.63) is 16.0 Å². The van der Waals surface area contributed by atoms with Crippen molar-refractivity contribution in [1.82, 2.24) is 10.9 Å². The van der Waals surface area contributed by atoms with Crippen molar-refractivity contribution in [1.29, 1.82) is 0 Å². The number of fused-ring (bicyclic) bond motifs is 1. The highest BCUT2D eigenvalue weighted by molar-refractivity contribution is 8.00. The van der Waals surface area contributed by atoms with Crippen LogP contribution in [0.25, 0.3) is 0 Å². The van der Waals surface area contributed by atoms with Gasteiger partial charge in [-0.1, -0.05) is 13.8 Å². The Morgan fingerprint density at radius 2 is 1.90 bits per heavy atom. The highest BCUT2D eigenvalue weighted by Crippen LogP contribution is 2.44. The molecule has 1 aromatic rings. The minimum Gasteiger partial charge on any atom is -0.294 e. The summed E-state index contributed by atoms with van der Waals surface area (Å²) in [7, 11) is 0. The summed E-state index contributed by atoms with van der Waals surface area (Å²) >= 11 is 2.80. The van der Waals surface area contributed by atoms with Gasteiger partial charge in [0.1, 0.15) is 0 Å². The molecule has 2 rings (SSSR count). The first kappa shape index (κ1) is 16.0. The molecule has 5 nitrogen and oxygen atoms in total. The summed E-state index contributed by atoms with van der Waals surface area (Å²) in [5.74, 6) is -0.604. The molecule has 0 spiro atoms. The predicted octanol–water partition coefficient (Wildman–Crippen LogP) is 2.41. The predicted molar refractivity (Wildman–Crippen MR) is 83.8 cm³/mol. The minimum absolute atomic E-state index is 0.0976. The Kier molecular flexibility index (Phi) is 4.43. The Bertz CT molecular complexity index is 620. The Balaban J connectivity index is 2.42. The Hall–Kier alpha value is -1.34. The summed E-state index contributed by atoms with van der Waals surface area (Å²) in [4.78, 5) is 36.0. The molecule has 0 atom stereocenters. The molecule has 1 heterocycles. The van der Waals surface area contributed by atoms with Gasteiger partial charge in [-0.15, -0.1) is 23.1 Å². The van der Waals surface area contributed by atoms with E-state index in [1.807, 2.05) is 20.1 Å². The van der Waals surface area contributed by atoms with Gasteiger partial charge in [0.25, 0.3) is 5.91 Å². The van der Waals surface area contributed by atoms with E-state index in [0.717, 1.165) is 9.77 Å². The average Bonchev–Trinajstić information content (AvgIpc) is 2.73. The molecule has 0 unspecified atom stereocenters. The van der Waals surface area contributed by atoms with E-state index >= 15 is 0 Å². The van der Waals surface area contributed by atoms with Gasteiger partial charge >= 0.3 is 0 Å². The van der Waals surface area contributed by atoms with E-state index in [-0.39, 0.29) is 23.0 Å². The maximum Gasteiger partial charge on any atom is 0.280 e. The molecule has 2 N–H and O–H groups in total. The molecular weight excluding hydrogens is 308 g/mol. The zero-order chi connectivity index (χ0) is 15.8. The van der Waals surface area contributed by atoms with Gasteiger partial charge in [-0.25, -0.2) is 0 Å². The van der Waals surface area contributed by atoms with Crippen molar-refractivity contribution in [2.45, 2.75) is 37.8 Å². The quantitative estimate of drug-likeness (QED) is 0.646. The van der Waals surface area contributed by atoms with Crippen LogP contribution in [-0.4, -0.2) is 23.9 Å². The van der Waals surface area contributed by atoms with Crippen LogP contribution in [0.15, 0.2) is 4.21 Å². The second-order valence-corrected chi connectivity index (χ2v) is 7.95. The highest BCUT2D eigenvalue weighted by Gasteiger charge is 2.37. The van der Waals surface area contributed by atoms with E-state index in [1.54, 1.807) is 0 Å². The van der Waals surface area contributed by atoms with Gasteiger partial charge in [0, 0.05) is 18.9 Å². The number of hydrazine groups is 1. The molecular formula is C14H18N2O3S2. The second kappa shape index (κ2) is 5.81. The van der Waals surface area contributed by atoms with E-state index in [1.165, 1.54) is 30.0 Å². The summed E-state index contributed by atoms with van der Waals surface area (Å²) < 4.78 is 0.874. The number of thiophene rings is 1. The number of carbonyl (C=O) groups excluding carboxylic acids is 3. The summed E-state index contributed by atoms with van der Waals surface area (Å²) in [6, 6.07) is 0. The van der Waals surface area contributed by atoms with Crippen molar-refractivity contribution in [2.75, 3.05) is 6.26 Å². The lowest BCUT2D eigenvalue weighted by molar-refractivity contribution is -0.119. The Morgan fingerprint density at radius 3 is 2.48 bits per heavy atom. The molecule has 0 saturated heterocycles. The van der Waals surface area contributed by atoms with E-state index in [0.29, 0.717) is 23.3 Å². The summed E-state index contributed by atoms with van der Waals surface area (Å²) in [5.41, 5.74) is 6.02. The fourth-order valence-electron chi connectivity index (χ4n) is 2.49. The fourth-order valence-corrected chi connectivity index (χ4v) is 4.48. The van der Waals surface area contributed by atoms with Gasteiger partial charge < -0.3 is 0 Å². The molecule has 0 bridgehead atoms. The Morgan fingerprint density at radius 1 is 1.24 bits per heavy atom. The second-order valence-electron chi connectivity index (χ2n) is 5.85. The number of carbonyl (C=O) groups is 3. The molecule has 7 heteroatoms. The number of amides is 2. The third-order valence-electron chi connectivity index (χ3n) is 3.29. The molecule has 21 heavy (non-hydrogen) atoms. The van der Waals surface area contributed by atoms with Crippen LogP contribution >= 0.6 is 23.1 Å².